The normalized spacial score (nSPS) is 11.1. The number of aliphatic hydroxyl groups is 1. The minimum absolute atomic E-state index is 0.157. The van der Waals surface area contributed by atoms with E-state index in [2.05, 4.69) is 6.58 Å². The van der Waals surface area contributed by atoms with Crippen LogP contribution in [0.4, 0.5) is 0 Å². The van der Waals surface area contributed by atoms with Gasteiger partial charge in [-0.2, -0.15) is 0 Å². The Hall–Kier alpha value is -2.21. The second-order valence-electron chi connectivity index (χ2n) is 6.54. The topological polar surface area (TPSA) is 68.9 Å². The lowest BCUT2D eigenvalue weighted by Crippen LogP contribution is -2.11. The molecule has 0 saturated heterocycles. The Balaban J connectivity index is 1.82. The first kappa shape index (κ1) is 24.1. The maximum Gasteiger partial charge on any atom is 0.227 e. The standard InChI is InChI=1S/C23H26Cl2O5/c1-3-8-18-19(25)12-16(24)13-22(18)28-10-6-5-7-11-29-23-20(27)14-17(15-26)30-21(23)9-4-2/h3-4,9,12-14,26H,1,5-8,10-11,15H2,2H3/b9-4+. The molecule has 7 heteroatoms. The smallest absolute Gasteiger partial charge is 0.227 e. The third kappa shape index (κ3) is 6.94. The number of benzene rings is 1. The van der Waals surface area contributed by atoms with E-state index in [1.54, 1.807) is 30.4 Å². The van der Waals surface area contributed by atoms with Crippen LogP contribution in [0, 0.1) is 0 Å². The average molecular weight is 453 g/mol. The molecule has 162 valence electrons. The second kappa shape index (κ2) is 12.5. The molecule has 0 saturated carbocycles. The Morgan fingerprint density at radius 1 is 1.13 bits per heavy atom. The van der Waals surface area contributed by atoms with Gasteiger partial charge in [-0.3, -0.25) is 4.79 Å². The lowest BCUT2D eigenvalue weighted by molar-refractivity contribution is 0.234. The largest absolute Gasteiger partial charge is 0.493 e. The number of unbranched alkanes of at least 4 members (excludes halogenated alkanes) is 2. The molecule has 1 aromatic heterocycles. The van der Waals surface area contributed by atoms with Gasteiger partial charge < -0.3 is 19.0 Å². The molecule has 0 bridgehead atoms. The number of allylic oxidation sites excluding steroid dienone is 2. The van der Waals surface area contributed by atoms with Gasteiger partial charge in [0.1, 0.15) is 18.1 Å². The van der Waals surface area contributed by atoms with E-state index in [9.17, 15) is 9.90 Å². The van der Waals surface area contributed by atoms with Crippen LogP contribution in [0.5, 0.6) is 11.5 Å². The molecule has 2 aromatic rings. The van der Waals surface area contributed by atoms with E-state index in [1.165, 1.54) is 6.07 Å². The summed E-state index contributed by atoms with van der Waals surface area (Å²) in [5.41, 5.74) is 0.559. The molecule has 0 amide bonds. The van der Waals surface area contributed by atoms with Crippen LogP contribution in [0.3, 0.4) is 0 Å². The van der Waals surface area contributed by atoms with Crippen molar-refractivity contribution in [3.8, 4) is 11.5 Å². The van der Waals surface area contributed by atoms with Crippen LogP contribution in [-0.2, 0) is 13.0 Å². The van der Waals surface area contributed by atoms with Crippen LogP contribution in [0.25, 0.3) is 6.08 Å². The summed E-state index contributed by atoms with van der Waals surface area (Å²) in [4.78, 5) is 12.2. The van der Waals surface area contributed by atoms with Crippen LogP contribution in [-0.4, -0.2) is 18.3 Å². The van der Waals surface area contributed by atoms with Crippen molar-refractivity contribution in [2.45, 2.75) is 39.2 Å². The van der Waals surface area contributed by atoms with Gasteiger partial charge in [-0.25, -0.2) is 0 Å². The molecule has 2 rings (SSSR count). The molecule has 0 fully saturated rings. The molecule has 0 spiro atoms. The zero-order valence-electron chi connectivity index (χ0n) is 17.0. The highest BCUT2D eigenvalue weighted by atomic mass is 35.5. The summed E-state index contributed by atoms with van der Waals surface area (Å²) in [6.07, 6.45) is 8.16. The molecule has 0 aliphatic rings. The second-order valence-corrected chi connectivity index (χ2v) is 7.39. The molecule has 0 radical (unpaired) electrons. The van der Waals surface area contributed by atoms with Gasteiger partial charge in [0.15, 0.2) is 5.76 Å². The summed E-state index contributed by atoms with van der Waals surface area (Å²) in [6, 6.07) is 4.69. The zero-order chi connectivity index (χ0) is 21.9. The average Bonchev–Trinajstić information content (AvgIpc) is 2.71. The minimum Gasteiger partial charge on any atom is -0.493 e. The van der Waals surface area contributed by atoms with Crippen molar-refractivity contribution in [3.63, 3.8) is 0 Å². The molecule has 0 aliphatic heterocycles. The van der Waals surface area contributed by atoms with Crippen molar-refractivity contribution in [1.29, 1.82) is 0 Å². The summed E-state index contributed by atoms with van der Waals surface area (Å²) < 4.78 is 17.0. The summed E-state index contributed by atoms with van der Waals surface area (Å²) in [6.45, 7) is 6.10. The van der Waals surface area contributed by atoms with Crippen molar-refractivity contribution >= 4 is 29.3 Å². The predicted molar refractivity (Wildman–Crippen MR) is 121 cm³/mol. The lowest BCUT2D eigenvalue weighted by atomic mass is 10.1. The number of rotatable bonds is 12. The van der Waals surface area contributed by atoms with Crippen molar-refractivity contribution in [2.75, 3.05) is 13.2 Å². The van der Waals surface area contributed by atoms with Crippen LogP contribution >= 0.6 is 23.2 Å². The summed E-state index contributed by atoms with van der Waals surface area (Å²) in [5.74, 6) is 1.34. The monoisotopic (exact) mass is 452 g/mol. The zero-order valence-corrected chi connectivity index (χ0v) is 18.5. The molecule has 0 atom stereocenters. The first-order valence-corrected chi connectivity index (χ1v) is 10.5. The summed E-state index contributed by atoms with van der Waals surface area (Å²) >= 11 is 12.3. The van der Waals surface area contributed by atoms with Crippen molar-refractivity contribution in [2.24, 2.45) is 0 Å². The molecule has 30 heavy (non-hydrogen) atoms. The van der Waals surface area contributed by atoms with Crippen molar-refractivity contribution in [1.82, 2.24) is 0 Å². The molecule has 1 N–H and O–H groups in total. The van der Waals surface area contributed by atoms with Crippen LogP contribution in [0.1, 0.15) is 43.3 Å². The van der Waals surface area contributed by atoms with E-state index in [1.807, 2.05) is 6.92 Å². The Labute approximate surface area is 186 Å². The van der Waals surface area contributed by atoms with E-state index in [-0.39, 0.29) is 23.5 Å². The molecular formula is C23H26Cl2O5. The van der Waals surface area contributed by atoms with E-state index >= 15 is 0 Å². The predicted octanol–water partition coefficient (Wildman–Crippen LogP) is 5.83. The molecule has 0 aliphatic carbocycles. The number of hydrogen-bond donors (Lipinski definition) is 1. The molecule has 0 unspecified atom stereocenters. The maximum atomic E-state index is 12.2. The fraction of sp³-hybridized carbons (Fsp3) is 0.348. The SMILES string of the molecule is C=CCc1c(Cl)cc(Cl)cc1OCCCCCOc1c(/C=C/C)oc(CO)cc1=O. The Morgan fingerprint density at radius 2 is 1.87 bits per heavy atom. The molecule has 1 aromatic carbocycles. The summed E-state index contributed by atoms with van der Waals surface area (Å²) in [5, 5.41) is 10.3. The van der Waals surface area contributed by atoms with E-state index in [0.29, 0.717) is 41.2 Å². The quantitative estimate of drug-likeness (QED) is 0.324. The van der Waals surface area contributed by atoms with Gasteiger partial charge in [-0.1, -0.05) is 35.4 Å². The van der Waals surface area contributed by atoms with Gasteiger partial charge in [0, 0.05) is 21.7 Å². The van der Waals surface area contributed by atoms with Crippen molar-refractivity contribution in [3.05, 3.63) is 74.3 Å². The Bertz CT molecular complexity index is 934. The first-order chi connectivity index (χ1) is 14.5. The molecular weight excluding hydrogens is 427 g/mol. The van der Waals surface area contributed by atoms with Crippen LogP contribution in [0.15, 0.2) is 46.1 Å². The lowest BCUT2D eigenvalue weighted by Gasteiger charge is -2.13. The maximum absolute atomic E-state index is 12.2. The van der Waals surface area contributed by atoms with Crippen LogP contribution < -0.4 is 14.9 Å². The van der Waals surface area contributed by atoms with Crippen molar-refractivity contribution < 1.29 is 19.0 Å². The molecule has 1 heterocycles. The van der Waals surface area contributed by atoms with Gasteiger partial charge >= 0.3 is 0 Å². The molecule has 5 nitrogen and oxygen atoms in total. The van der Waals surface area contributed by atoms with E-state index < -0.39 is 0 Å². The highest BCUT2D eigenvalue weighted by Crippen LogP contribution is 2.31. The van der Waals surface area contributed by atoms with Gasteiger partial charge in [-0.15, -0.1) is 6.58 Å². The minimum atomic E-state index is -0.341. The highest BCUT2D eigenvalue weighted by molar-refractivity contribution is 6.35. The van der Waals surface area contributed by atoms with Gasteiger partial charge in [0.2, 0.25) is 11.2 Å². The fourth-order valence-corrected chi connectivity index (χ4v) is 3.37. The Morgan fingerprint density at radius 3 is 2.53 bits per heavy atom. The summed E-state index contributed by atoms with van der Waals surface area (Å²) in [7, 11) is 0. The van der Waals surface area contributed by atoms with Gasteiger partial charge in [0.25, 0.3) is 0 Å². The Kier molecular flexibility index (Phi) is 10.0. The highest BCUT2D eigenvalue weighted by Gasteiger charge is 2.12. The van der Waals surface area contributed by atoms with E-state index in [0.717, 1.165) is 24.8 Å². The third-order valence-electron chi connectivity index (χ3n) is 4.22. The number of hydrogen-bond acceptors (Lipinski definition) is 5. The fourth-order valence-electron chi connectivity index (χ4n) is 2.82. The number of halogens is 2. The number of aliphatic hydroxyl groups excluding tert-OH is 1. The number of ether oxygens (including phenoxy) is 2. The van der Waals surface area contributed by atoms with Gasteiger partial charge in [-0.05, 0) is 50.8 Å². The van der Waals surface area contributed by atoms with Crippen LogP contribution in [0.2, 0.25) is 10.0 Å². The first-order valence-electron chi connectivity index (χ1n) is 9.75. The van der Waals surface area contributed by atoms with E-state index in [4.69, 9.17) is 37.1 Å². The van der Waals surface area contributed by atoms with Gasteiger partial charge in [0.05, 0.1) is 13.2 Å². The third-order valence-corrected chi connectivity index (χ3v) is 4.77.